The average Bonchev–Trinajstić information content (AvgIpc) is 2.62. The van der Waals surface area contributed by atoms with E-state index >= 15 is 0 Å². The summed E-state index contributed by atoms with van der Waals surface area (Å²) < 4.78 is 5.46. The van der Waals surface area contributed by atoms with E-state index in [1.54, 1.807) is 7.11 Å². The van der Waals surface area contributed by atoms with Crippen molar-refractivity contribution in [1.29, 1.82) is 0 Å². The third kappa shape index (κ3) is 4.67. The summed E-state index contributed by atoms with van der Waals surface area (Å²) in [6, 6.07) is 15.6. The number of carbonyl (C=O) groups is 1. The number of piperidine rings is 1. The van der Waals surface area contributed by atoms with Gasteiger partial charge in [-0.3, -0.25) is 4.79 Å². The number of rotatable bonds is 5. The fraction of sp³-hybridized carbons (Fsp3) is 0.350. The topological polar surface area (TPSA) is 41.6 Å². The summed E-state index contributed by atoms with van der Waals surface area (Å²) in [7, 11) is 1.69. The number of halogens is 1. The largest absolute Gasteiger partial charge is 0.495 e. The summed E-state index contributed by atoms with van der Waals surface area (Å²) in [5, 5.41) is 3.82. The fourth-order valence-corrected chi connectivity index (χ4v) is 3.53. The van der Waals surface area contributed by atoms with Crippen LogP contribution in [0.4, 0.5) is 5.69 Å². The first-order valence-electron chi connectivity index (χ1n) is 8.57. The van der Waals surface area contributed by atoms with Gasteiger partial charge in [0.2, 0.25) is 5.91 Å². The molecule has 1 N–H and O–H groups in total. The molecule has 0 radical (unpaired) electrons. The van der Waals surface area contributed by atoms with Crippen molar-refractivity contribution in [2.45, 2.75) is 25.3 Å². The van der Waals surface area contributed by atoms with Gasteiger partial charge < -0.3 is 15.0 Å². The molecule has 4 nitrogen and oxygen atoms in total. The summed E-state index contributed by atoms with van der Waals surface area (Å²) in [6.07, 6.45) is 2.39. The molecule has 3 rings (SSSR count). The number of nitrogens with one attached hydrogen (secondary N) is 1. The zero-order chi connectivity index (χ0) is 17.6. The minimum absolute atomic E-state index is 0.0362. The first-order chi connectivity index (χ1) is 12.2. The Morgan fingerprint density at radius 2 is 2.12 bits per heavy atom. The number of hydrogen-bond donors (Lipinski definition) is 1. The SMILES string of the molecule is COc1ccccc1N1CCCC(NC(=O)Cc2cccc(Cl)c2)C1. The molecule has 25 heavy (non-hydrogen) atoms. The highest BCUT2D eigenvalue weighted by Crippen LogP contribution is 2.29. The van der Waals surface area contributed by atoms with E-state index in [9.17, 15) is 4.79 Å². The standard InChI is InChI=1S/C20H23ClN2O2/c1-25-19-10-3-2-9-18(19)23-11-5-8-17(14-23)22-20(24)13-15-6-4-7-16(21)12-15/h2-4,6-7,9-10,12,17H,5,8,11,13-14H2,1H3,(H,22,24). The monoisotopic (exact) mass is 358 g/mol. The van der Waals surface area contributed by atoms with Crippen LogP contribution < -0.4 is 15.0 Å². The van der Waals surface area contributed by atoms with E-state index in [2.05, 4.69) is 16.3 Å². The molecule has 1 atom stereocenters. The Balaban J connectivity index is 1.60. The van der Waals surface area contributed by atoms with Gasteiger partial charge in [0.1, 0.15) is 5.75 Å². The Morgan fingerprint density at radius 3 is 2.92 bits per heavy atom. The van der Waals surface area contributed by atoms with Crippen molar-refractivity contribution in [3.63, 3.8) is 0 Å². The summed E-state index contributed by atoms with van der Waals surface area (Å²) in [6.45, 7) is 1.77. The number of benzene rings is 2. The zero-order valence-electron chi connectivity index (χ0n) is 14.4. The lowest BCUT2D eigenvalue weighted by Crippen LogP contribution is -2.48. The van der Waals surface area contributed by atoms with Gasteiger partial charge in [0.15, 0.2) is 0 Å². The summed E-state index contributed by atoms with van der Waals surface area (Å²) in [5.41, 5.74) is 2.01. The van der Waals surface area contributed by atoms with Gasteiger partial charge in [-0.25, -0.2) is 0 Å². The van der Waals surface area contributed by atoms with E-state index in [1.165, 1.54) is 0 Å². The highest BCUT2D eigenvalue weighted by atomic mass is 35.5. The number of methoxy groups -OCH3 is 1. The molecule has 0 aromatic heterocycles. The van der Waals surface area contributed by atoms with Gasteiger partial charge in [-0.15, -0.1) is 0 Å². The van der Waals surface area contributed by atoms with Crippen molar-refractivity contribution >= 4 is 23.2 Å². The molecule has 0 saturated carbocycles. The van der Waals surface area contributed by atoms with Gasteiger partial charge in [0, 0.05) is 24.2 Å². The fourth-order valence-electron chi connectivity index (χ4n) is 3.32. The molecule has 1 aliphatic heterocycles. The van der Waals surface area contributed by atoms with Crippen LogP contribution >= 0.6 is 11.6 Å². The van der Waals surface area contributed by atoms with Gasteiger partial charge >= 0.3 is 0 Å². The van der Waals surface area contributed by atoms with Gasteiger partial charge in [-0.2, -0.15) is 0 Å². The van der Waals surface area contributed by atoms with Crippen LogP contribution in [-0.2, 0) is 11.2 Å². The first kappa shape index (κ1) is 17.6. The smallest absolute Gasteiger partial charge is 0.224 e. The zero-order valence-corrected chi connectivity index (χ0v) is 15.1. The van der Waals surface area contributed by atoms with Crippen LogP contribution in [0.1, 0.15) is 18.4 Å². The van der Waals surface area contributed by atoms with Crippen LogP contribution in [-0.4, -0.2) is 32.1 Å². The lowest BCUT2D eigenvalue weighted by Gasteiger charge is -2.35. The Bertz CT molecular complexity index is 735. The van der Waals surface area contributed by atoms with E-state index < -0.39 is 0 Å². The Kier molecular flexibility index (Phi) is 5.82. The molecular formula is C20H23ClN2O2. The van der Waals surface area contributed by atoms with E-state index in [0.29, 0.717) is 11.4 Å². The maximum absolute atomic E-state index is 12.4. The number of para-hydroxylation sites is 2. The van der Waals surface area contributed by atoms with Crippen molar-refractivity contribution in [1.82, 2.24) is 5.32 Å². The minimum atomic E-state index is 0.0362. The molecule has 1 heterocycles. The van der Waals surface area contributed by atoms with Crippen LogP contribution in [0, 0.1) is 0 Å². The van der Waals surface area contributed by atoms with E-state index in [-0.39, 0.29) is 11.9 Å². The molecule has 2 aromatic carbocycles. The molecule has 132 valence electrons. The lowest BCUT2D eigenvalue weighted by atomic mass is 10.0. The van der Waals surface area contributed by atoms with Crippen LogP contribution in [0.25, 0.3) is 0 Å². The number of hydrogen-bond acceptors (Lipinski definition) is 3. The third-order valence-corrected chi connectivity index (χ3v) is 4.70. The summed E-state index contributed by atoms with van der Waals surface area (Å²) in [5.74, 6) is 0.905. The predicted molar refractivity (Wildman–Crippen MR) is 102 cm³/mol. The van der Waals surface area contributed by atoms with Crippen molar-refractivity contribution < 1.29 is 9.53 Å². The van der Waals surface area contributed by atoms with Gasteiger partial charge in [0.05, 0.1) is 19.2 Å². The maximum Gasteiger partial charge on any atom is 0.224 e. The molecule has 1 aliphatic rings. The Morgan fingerprint density at radius 1 is 1.28 bits per heavy atom. The number of amides is 1. The molecular weight excluding hydrogens is 336 g/mol. The Labute approximate surface area is 153 Å². The molecule has 1 amide bonds. The van der Waals surface area contributed by atoms with Crippen LogP contribution in [0.15, 0.2) is 48.5 Å². The second-order valence-corrected chi connectivity index (χ2v) is 6.77. The van der Waals surface area contributed by atoms with Gasteiger partial charge in [0.25, 0.3) is 0 Å². The number of carbonyl (C=O) groups excluding carboxylic acids is 1. The summed E-state index contributed by atoms with van der Waals surface area (Å²) >= 11 is 5.99. The van der Waals surface area contributed by atoms with E-state index in [1.807, 2.05) is 42.5 Å². The minimum Gasteiger partial charge on any atom is -0.495 e. The highest BCUT2D eigenvalue weighted by Gasteiger charge is 2.23. The van der Waals surface area contributed by atoms with Gasteiger partial charge in [-0.1, -0.05) is 35.9 Å². The van der Waals surface area contributed by atoms with Crippen molar-refractivity contribution in [3.05, 3.63) is 59.1 Å². The quantitative estimate of drug-likeness (QED) is 0.886. The number of nitrogens with zero attached hydrogens (tertiary/aromatic N) is 1. The van der Waals surface area contributed by atoms with Crippen LogP contribution in [0.3, 0.4) is 0 Å². The molecule has 0 aliphatic carbocycles. The third-order valence-electron chi connectivity index (χ3n) is 4.47. The lowest BCUT2D eigenvalue weighted by molar-refractivity contribution is -0.121. The van der Waals surface area contributed by atoms with Crippen LogP contribution in [0.2, 0.25) is 5.02 Å². The molecule has 0 spiro atoms. The number of anilines is 1. The van der Waals surface area contributed by atoms with E-state index in [0.717, 1.165) is 42.9 Å². The van der Waals surface area contributed by atoms with Crippen molar-refractivity contribution in [2.75, 3.05) is 25.1 Å². The van der Waals surface area contributed by atoms with Crippen molar-refractivity contribution in [2.24, 2.45) is 0 Å². The number of ether oxygens (including phenoxy) is 1. The summed E-state index contributed by atoms with van der Waals surface area (Å²) in [4.78, 5) is 14.6. The molecule has 1 fully saturated rings. The van der Waals surface area contributed by atoms with Crippen molar-refractivity contribution in [3.8, 4) is 5.75 Å². The molecule has 1 saturated heterocycles. The molecule has 5 heteroatoms. The average molecular weight is 359 g/mol. The molecule has 0 bridgehead atoms. The maximum atomic E-state index is 12.4. The Hall–Kier alpha value is -2.20. The second kappa shape index (κ2) is 8.26. The van der Waals surface area contributed by atoms with E-state index in [4.69, 9.17) is 16.3 Å². The molecule has 1 unspecified atom stereocenters. The van der Waals surface area contributed by atoms with Crippen LogP contribution in [0.5, 0.6) is 5.75 Å². The van der Waals surface area contributed by atoms with Gasteiger partial charge in [-0.05, 0) is 42.7 Å². The second-order valence-electron chi connectivity index (χ2n) is 6.33. The molecule has 2 aromatic rings. The normalized spacial score (nSPS) is 17.2. The first-order valence-corrected chi connectivity index (χ1v) is 8.95. The predicted octanol–water partition coefficient (Wildman–Crippen LogP) is 3.68. The highest BCUT2D eigenvalue weighted by molar-refractivity contribution is 6.30.